The van der Waals surface area contributed by atoms with Gasteiger partial charge in [-0.2, -0.15) is 0 Å². The summed E-state index contributed by atoms with van der Waals surface area (Å²) in [6, 6.07) is 18.0. The molecule has 1 saturated heterocycles. The van der Waals surface area contributed by atoms with Crippen molar-refractivity contribution < 1.29 is 24.3 Å². The van der Waals surface area contributed by atoms with Gasteiger partial charge in [0.05, 0.1) is 22.0 Å². The monoisotopic (exact) mass is 657 g/mol. The molecule has 0 saturated carbocycles. The standard InChI is InChI=1S/C32H21Br2NO5/c33-16-6-8-17(9-7-16)35-31(39)20-11-10-19-21(26(20)32(35)40)13-22-28(25(37)14-23(34)30(22)38)29(19)27-18-4-2-1-3-15(18)5-12-24(27)36/h1-10,12,14,20-21,26,29,36H,11,13H2. The van der Waals surface area contributed by atoms with Gasteiger partial charge in [-0.15, -0.1) is 0 Å². The first-order chi connectivity index (χ1) is 19.3. The molecule has 3 aromatic carbocycles. The molecular weight excluding hydrogens is 638 g/mol. The Labute approximate surface area is 246 Å². The lowest BCUT2D eigenvalue weighted by Crippen LogP contribution is -2.39. The van der Waals surface area contributed by atoms with Crippen LogP contribution < -0.4 is 4.90 Å². The Kier molecular flexibility index (Phi) is 5.84. The number of benzene rings is 3. The number of hydrogen-bond donors (Lipinski definition) is 1. The Morgan fingerprint density at radius 2 is 1.60 bits per heavy atom. The van der Waals surface area contributed by atoms with E-state index >= 15 is 0 Å². The van der Waals surface area contributed by atoms with E-state index in [1.54, 1.807) is 30.3 Å². The summed E-state index contributed by atoms with van der Waals surface area (Å²) in [5, 5.41) is 12.9. The van der Waals surface area contributed by atoms with Crippen molar-refractivity contribution in [1.29, 1.82) is 0 Å². The molecule has 0 bridgehead atoms. The zero-order valence-electron chi connectivity index (χ0n) is 20.9. The van der Waals surface area contributed by atoms with Gasteiger partial charge in [-0.1, -0.05) is 57.9 Å². The molecule has 1 N–H and O–H groups in total. The van der Waals surface area contributed by atoms with Crippen LogP contribution in [-0.2, 0) is 19.2 Å². The van der Waals surface area contributed by atoms with Crippen LogP contribution in [0.25, 0.3) is 10.8 Å². The molecule has 4 atom stereocenters. The number of halogens is 2. The average Bonchev–Trinajstić information content (AvgIpc) is 3.21. The highest BCUT2D eigenvalue weighted by molar-refractivity contribution is 9.12. The predicted octanol–water partition coefficient (Wildman–Crippen LogP) is 6.27. The zero-order valence-corrected chi connectivity index (χ0v) is 24.1. The van der Waals surface area contributed by atoms with Crippen LogP contribution >= 0.6 is 31.9 Å². The molecule has 1 aliphatic heterocycles. The highest BCUT2D eigenvalue weighted by Gasteiger charge is 2.57. The summed E-state index contributed by atoms with van der Waals surface area (Å²) in [6.07, 6.45) is 3.76. The Morgan fingerprint density at radius 3 is 2.38 bits per heavy atom. The highest BCUT2D eigenvalue weighted by Crippen LogP contribution is 2.57. The predicted molar refractivity (Wildman–Crippen MR) is 157 cm³/mol. The number of hydrogen-bond acceptors (Lipinski definition) is 5. The van der Waals surface area contributed by atoms with Crippen molar-refractivity contribution in [3.63, 3.8) is 0 Å². The van der Waals surface area contributed by atoms with E-state index < -0.39 is 23.7 Å². The Morgan fingerprint density at radius 1 is 0.850 bits per heavy atom. The number of carbonyl (C=O) groups is 4. The van der Waals surface area contributed by atoms with Crippen molar-refractivity contribution in [1.82, 2.24) is 0 Å². The van der Waals surface area contributed by atoms with Crippen LogP contribution in [-0.4, -0.2) is 28.5 Å². The van der Waals surface area contributed by atoms with Crippen molar-refractivity contribution >= 4 is 71.7 Å². The molecule has 198 valence electrons. The van der Waals surface area contributed by atoms with E-state index in [-0.39, 0.29) is 40.0 Å². The molecule has 0 aromatic heterocycles. The normalized spacial score (nSPS) is 26.0. The fraction of sp³-hybridized carbons (Fsp3) is 0.188. The van der Waals surface area contributed by atoms with Crippen molar-refractivity contribution in [2.45, 2.75) is 18.8 Å². The van der Waals surface area contributed by atoms with Gasteiger partial charge < -0.3 is 5.11 Å². The van der Waals surface area contributed by atoms with Gasteiger partial charge in [-0.05, 0) is 75.8 Å². The Balaban J connectivity index is 1.42. The number of aromatic hydroxyl groups is 1. The third-order valence-corrected chi connectivity index (χ3v) is 9.77. The average molecular weight is 659 g/mol. The van der Waals surface area contributed by atoms with Crippen molar-refractivity contribution in [2.75, 3.05) is 4.90 Å². The first kappa shape index (κ1) is 25.4. The van der Waals surface area contributed by atoms with Crippen molar-refractivity contribution in [3.05, 3.63) is 104 Å². The highest BCUT2D eigenvalue weighted by atomic mass is 79.9. The number of phenolic OH excluding ortho intramolecular Hbond substituents is 1. The first-order valence-electron chi connectivity index (χ1n) is 13.0. The summed E-state index contributed by atoms with van der Waals surface area (Å²) < 4.78 is 1.00. The van der Waals surface area contributed by atoms with Gasteiger partial charge in [0.1, 0.15) is 5.75 Å². The largest absolute Gasteiger partial charge is 0.508 e. The van der Waals surface area contributed by atoms with Crippen LogP contribution in [0, 0.1) is 17.8 Å². The topological polar surface area (TPSA) is 91.8 Å². The van der Waals surface area contributed by atoms with Gasteiger partial charge in [0, 0.05) is 33.2 Å². The molecule has 3 aliphatic carbocycles. The maximum Gasteiger partial charge on any atom is 0.238 e. The number of ketones is 2. The second-order valence-electron chi connectivity index (χ2n) is 10.6. The molecule has 7 rings (SSSR count). The number of carbonyl (C=O) groups excluding carboxylic acids is 4. The van der Waals surface area contributed by atoms with Gasteiger partial charge >= 0.3 is 0 Å². The van der Waals surface area contributed by atoms with Crippen molar-refractivity contribution in [2.24, 2.45) is 17.8 Å². The Hall–Kier alpha value is -3.62. The number of anilines is 1. The third-order valence-electron chi connectivity index (χ3n) is 8.65. The lowest BCUT2D eigenvalue weighted by molar-refractivity contribution is -0.123. The van der Waals surface area contributed by atoms with E-state index in [0.29, 0.717) is 28.8 Å². The summed E-state index contributed by atoms with van der Waals surface area (Å²) in [7, 11) is 0. The first-order valence-corrected chi connectivity index (χ1v) is 14.6. The third kappa shape index (κ3) is 3.58. The van der Waals surface area contributed by atoms with E-state index in [4.69, 9.17) is 0 Å². The second kappa shape index (κ2) is 9.21. The lowest BCUT2D eigenvalue weighted by Gasteiger charge is -2.42. The molecule has 8 heteroatoms. The number of imide groups is 1. The number of Topliss-reactive ketones (excluding diaryl/α,β-unsaturated/α-hetero) is 1. The number of phenols is 1. The summed E-state index contributed by atoms with van der Waals surface area (Å²) in [5.41, 5.74) is 2.51. The summed E-state index contributed by atoms with van der Waals surface area (Å²) in [5.74, 6) is -3.61. The molecule has 4 aliphatic rings. The van der Waals surface area contributed by atoms with Gasteiger partial charge in [0.25, 0.3) is 0 Å². The lowest BCUT2D eigenvalue weighted by atomic mass is 9.59. The van der Waals surface area contributed by atoms with Gasteiger partial charge in [0.2, 0.25) is 11.8 Å². The van der Waals surface area contributed by atoms with Gasteiger partial charge in [-0.25, -0.2) is 0 Å². The van der Waals surface area contributed by atoms with E-state index in [1.807, 2.05) is 36.4 Å². The number of fused-ring (bicyclic) bond motifs is 4. The van der Waals surface area contributed by atoms with Crippen LogP contribution in [0.15, 0.2) is 98.5 Å². The minimum absolute atomic E-state index is 0.0124. The minimum atomic E-state index is -0.723. The Bertz CT molecular complexity index is 1780. The van der Waals surface area contributed by atoms with Crippen LogP contribution in [0.3, 0.4) is 0 Å². The van der Waals surface area contributed by atoms with Gasteiger partial charge in [0.15, 0.2) is 11.6 Å². The molecule has 0 spiro atoms. The maximum atomic E-state index is 14.0. The smallest absolute Gasteiger partial charge is 0.238 e. The summed E-state index contributed by atoms with van der Waals surface area (Å²) in [6.45, 7) is 0. The minimum Gasteiger partial charge on any atom is -0.508 e. The number of allylic oxidation sites excluding steroid dienone is 6. The quantitative estimate of drug-likeness (QED) is 0.199. The maximum absolute atomic E-state index is 14.0. The fourth-order valence-corrected chi connectivity index (χ4v) is 7.68. The molecule has 1 heterocycles. The number of nitrogens with zero attached hydrogens (tertiary/aromatic N) is 1. The molecule has 3 aromatic rings. The van der Waals surface area contributed by atoms with E-state index in [0.717, 1.165) is 20.8 Å². The van der Waals surface area contributed by atoms with E-state index in [1.165, 1.54) is 11.0 Å². The SMILES string of the molecule is O=C1C=C(Br)C(=O)C2=C1C(c1c(O)ccc3ccccc13)C1=CCC3C(=O)N(c4ccc(Br)cc4)C(=O)C3C1C2. The van der Waals surface area contributed by atoms with Crippen LogP contribution in [0.2, 0.25) is 0 Å². The molecule has 2 amide bonds. The van der Waals surface area contributed by atoms with E-state index in [2.05, 4.69) is 31.9 Å². The van der Waals surface area contributed by atoms with E-state index in [9.17, 15) is 24.3 Å². The second-order valence-corrected chi connectivity index (χ2v) is 12.4. The molecule has 1 fully saturated rings. The van der Waals surface area contributed by atoms with Crippen LogP contribution in [0.1, 0.15) is 24.3 Å². The number of rotatable bonds is 2. The molecule has 40 heavy (non-hydrogen) atoms. The number of amides is 2. The summed E-state index contributed by atoms with van der Waals surface area (Å²) >= 11 is 6.66. The summed E-state index contributed by atoms with van der Waals surface area (Å²) in [4.78, 5) is 55.9. The fourth-order valence-electron chi connectivity index (χ4n) is 6.97. The molecule has 0 radical (unpaired) electrons. The zero-order chi connectivity index (χ0) is 27.9. The van der Waals surface area contributed by atoms with Gasteiger partial charge in [-0.3, -0.25) is 24.1 Å². The van der Waals surface area contributed by atoms with Crippen LogP contribution in [0.5, 0.6) is 5.75 Å². The molecule has 6 nitrogen and oxygen atoms in total. The molecular formula is C32H21Br2NO5. The van der Waals surface area contributed by atoms with Crippen molar-refractivity contribution in [3.8, 4) is 5.75 Å². The van der Waals surface area contributed by atoms with Crippen LogP contribution in [0.4, 0.5) is 5.69 Å². The molecule has 4 unspecified atom stereocenters.